The van der Waals surface area contributed by atoms with Crippen LogP contribution in [-0.4, -0.2) is 61.4 Å². The molecule has 2 amide bonds. The lowest BCUT2D eigenvalue weighted by Crippen LogP contribution is -2.44. The fourth-order valence-electron chi connectivity index (χ4n) is 3.89. The Morgan fingerprint density at radius 2 is 1.81 bits per heavy atom. The van der Waals surface area contributed by atoms with Gasteiger partial charge in [-0.2, -0.15) is 0 Å². The third-order valence-electron chi connectivity index (χ3n) is 5.80. The minimum Gasteiger partial charge on any atom is -0.483 e. The van der Waals surface area contributed by atoms with E-state index in [4.69, 9.17) is 16.3 Å². The Labute approximate surface area is 189 Å². The number of carbonyl (C=O) groups is 2. The minimum absolute atomic E-state index is 0.146. The number of piperidine rings is 1. The summed E-state index contributed by atoms with van der Waals surface area (Å²) in [5.74, 6) is 0.219. The molecule has 0 unspecified atom stereocenters. The number of ether oxygens (including phenoxy) is 1. The molecule has 7 heteroatoms. The first-order valence-corrected chi connectivity index (χ1v) is 10.9. The molecule has 0 radical (unpaired) electrons. The highest BCUT2D eigenvalue weighted by atomic mass is 35.5. The second-order valence-corrected chi connectivity index (χ2v) is 8.63. The molecular weight excluding hydrogens is 414 g/mol. The maximum Gasteiger partial charge on any atom is 0.262 e. The van der Waals surface area contributed by atoms with E-state index in [0.29, 0.717) is 22.0 Å². The molecule has 0 aromatic heterocycles. The molecule has 1 N–H and O–H groups in total. The van der Waals surface area contributed by atoms with Gasteiger partial charge >= 0.3 is 0 Å². The molecule has 0 atom stereocenters. The quantitative estimate of drug-likeness (QED) is 0.728. The maximum atomic E-state index is 13.2. The lowest BCUT2D eigenvalue weighted by atomic mass is 10.0. The Bertz CT molecular complexity index is 935. The van der Waals surface area contributed by atoms with Gasteiger partial charge in [0.15, 0.2) is 6.61 Å². The van der Waals surface area contributed by atoms with Crippen molar-refractivity contribution in [2.75, 3.05) is 39.1 Å². The van der Waals surface area contributed by atoms with E-state index in [9.17, 15) is 9.59 Å². The molecule has 166 valence electrons. The van der Waals surface area contributed by atoms with E-state index in [1.54, 1.807) is 23.1 Å². The monoisotopic (exact) mass is 443 g/mol. The highest BCUT2D eigenvalue weighted by Gasteiger charge is 2.26. The summed E-state index contributed by atoms with van der Waals surface area (Å²) in [6.45, 7) is 5.64. The zero-order valence-electron chi connectivity index (χ0n) is 18.6. The predicted molar refractivity (Wildman–Crippen MR) is 124 cm³/mol. The van der Waals surface area contributed by atoms with Crippen molar-refractivity contribution < 1.29 is 14.3 Å². The smallest absolute Gasteiger partial charge is 0.262 e. The van der Waals surface area contributed by atoms with Crippen LogP contribution in [0, 0.1) is 13.8 Å². The van der Waals surface area contributed by atoms with Gasteiger partial charge in [-0.25, -0.2) is 0 Å². The minimum atomic E-state index is -0.332. The third kappa shape index (κ3) is 5.77. The average molecular weight is 444 g/mol. The summed E-state index contributed by atoms with van der Waals surface area (Å²) in [4.78, 5) is 29.8. The van der Waals surface area contributed by atoms with E-state index in [1.807, 2.05) is 39.1 Å². The number of aryl methyl sites for hydroxylation is 2. The number of para-hydroxylation sites is 1. The first-order chi connectivity index (χ1) is 14.8. The molecular formula is C24H30ClN3O3. The molecule has 6 nitrogen and oxygen atoms in total. The summed E-state index contributed by atoms with van der Waals surface area (Å²) in [7, 11) is 3.90. The first kappa shape index (κ1) is 23.1. The van der Waals surface area contributed by atoms with Crippen LogP contribution in [0.5, 0.6) is 5.75 Å². The second-order valence-electron chi connectivity index (χ2n) is 8.20. The van der Waals surface area contributed by atoms with Gasteiger partial charge in [-0.3, -0.25) is 9.59 Å². The average Bonchev–Trinajstić information content (AvgIpc) is 2.74. The Morgan fingerprint density at radius 3 is 2.45 bits per heavy atom. The number of rotatable bonds is 6. The number of hydrogen-bond donors (Lipinski definition) is 1. The van der Waals surface area contributed by atoms with Crippen molar-refractivity contribution in [2.45, 2.75) is 32.7 Å². The molecule has 2 aromatic rings. The molecule has 1 saturated heterocycles. The Hall–Kier alpha value is -2.57. The molecule has 1 fully saturated rings. The van der Waals surface area contributed by atoms with Gasteiger partial charge < -0.3 is 19.9 Å². The van der Waals surface area contributed by atoms with E-state index < -0.39 is 0 Å². The number of carbonyl (C=O) groups excluding carboxylic acids is 2. The van der Waals surface area contributed by atoms with Crippen LogP contribution in [0.3, 0.4) is 0 Å². The van der Waals surface area contributed by atoms with Crippen LogP contribution >= 0.6 is 11.6 Å². The topological polar surface area (TPSA) is 61.9 Å². The SMILES string of the molecule is Cc1cccc(C)c1OCC(=O)Nc1ccc(Cl)cc1C(=O)N(C)C1CCN(C)CC1. The summed E-state index contributed by atoms with van der Waals surface area (Å²) in [6, 6.07) is 10.9. The highest BCUT2D eigenvalue weighted by Crippen LogP contribution is 2.25. The Kier molecular flexibility index (Phi) is 7.57. The van der Waals surface area contributed by atoms with Crippen LogP contribution < -0.4 is 10.1 Å². The van der Waals surface area contributed by atoms with Crippen LogP contribution in [0.25, 0.3) is 0 Å². The molecule has 31 heavy (non-hydrogen) atoms. The standard InChI is InChI=1S/C24H30ClN3O3/c1-16-6-5-7-17(2)23(16)31-15-22(29)26-21-9-8-18(25)14-20(21)24(30)28(4)19-10-12-27(3)13-11-19/h5-9,14,19H,10-13,15H2,1-4H3,(H,26,29). The Balaban J connectivity index is 1.70. The van der Waals surface area contributed by atoms with Gasteiger partial charge in [0, 0.05) is 18.1 Å². The van der Waals surface area contributed by atoms with Gasteiger partial charge in [-0.15, -0.1) is 0 Å². The third-order valence-corrected chi connectivity index (χ3v) is 6.03. The fourth-order valence-corrected chi connectivity index (χ4v) is 4.06. The van der Waals surface area contributed by atoms with Crippen molar-refractivity contribution in [3.05, 3.63) is 58.1 Å². The van der Waals surface area contributed by atoms with Crippen molar-refractivity contribution in [1.29, 1.82) is 0 Å². The number of benzene rings is 2. The van der Waals surface area contributed by atoms with Crippen LogP contribution in [0.15, 0.2) is 36.4 Å². The molecule has 0 saturated carbocycles. The van der Waals surface area contributed by atoms with Crippen LogP contribution in [0.1, 0.15) is 34.3 Å². The van der Waals surface area contributed by atoms with Gasteiger partial charge in [-0.05, 0) is 76.2 Å². The van der Waals surface area contributed by atoms with Crippen LogP contribution in [0.4, 0.5) is 5.69 Å². The molecule has 1 aliphatic rings. The van der Waals surface area contributed by atoms with Gasteiger partial charge in [-0.1, -0.05) is 29.8 Å². The highest BCUT2D eigenvalue weighted by molar-refractivity contribution is 6.31. The number of hydrogen-bond acceptors (Lipinski definition) is 4. The molecule has 0 bridgehead atoms. The van der Waals surface area contributed by atoms with Gasteiger partial charge in [0.25, 0.3) is 11.8 Å². The zero-order chi connectivity index (χ0) is 22.5. The molecule has 1 heterocycles. The molecule has 1 aliphatic heterocycles. The number of nitrogens with zero attached hydrogens (tertiary/aromatic N) is 2. The van der Waals surface area contributed by atoms with Crippen molar-refractivity contribution in [3.8, 4) is 5.75 Å². The maximum absolute atomic E-state index is 13.2. The Morgan fingerprint density at radius 1 is 1.16 bits per heavy atom. The number of anilines is 1. The number of amides is 2. The largest absolute Gasteiger partial charge is 0.483 e. The van der Waals surface area contributed by atoms with E-state index in [0.717, 1.165) is 37.1 Å². The number of nitrogens with one attached hydrogen (secondary N) is 1. The summed E-state index contributed by atoms with van der Waals surface area (Å²) < 4.78 is 5.74. The normalized spacial score (nSPS) is 14.9. The predicted octanol–water partition coefficient (Wildman–Crippen LogP) is 4.14. The summed E-state index contributed by atoms with van der Waals surface area (Å²) in [5.41, 5.74) is 2.75. The van der Waals surface area contributed by atoms with Gasteiger partial charge in [0.1, 0.15) is 5.75 Å². The number of halogens is 1. The molecule has 0 spiro atoms. The fraction of sp³-hybridized carbons (Fsp3) is 0.417. The van der Waals surface area contributed by atoms with Crippen LogP contribution in [0.2, 0.25) is 5.02 Å². The van der Waals surface area contributed by atoms with Crippen molar-refractivity contribution in [3.63, 3.8) is 0 Å². The zero-order valence-corrected chi connectivity index (χ0v) is 19.3. The summed E-state index contributed by atoms with van der Waals surface area (Å²) in [5, 5.41) is 3.26. The van der Waals surface area contributed by atoms with E-state index in [2.05, 4.69) is 17.3 Å². The summed E-state index contributed by atoms with van der Waals surface area (Å²) in [6.07, 6.45) is 1.84. The van der Waals surface area contributed by atoms with Gasteiger partial charge in [0.05, 0.1) is 11.3 Å². The van der Waals surface area contributed by atoms with E-state index in [1.165, 1.54) is 0 Å². The van der Waals surface area contributed by atoms with E-state index >= 15 is 0 Å². The molecule has 2 aromatic carbocycles. The summed E-state index contributed by atoms with van der Waals surface area (Å²) >= 11 is 6.17. The van der Waals surface area contributed by atoms with Crippen molar-refractivity contribution in [1.82, 2.24) is 9.80 Å². The first-order valence-electron chi connectivity index (χ1n) is 10.5. The van der Waals surface area contributed by atoms with Gasteiger partial charge in [0.2, 0.25) is 0 Å². The molecule has 3 rings (SSSR count). The van der Waals surface area contributed by atoms with Crippen molar-refractivity contribution in [2.24, 2.45) is 0 Å². The van der Waals surface area contributed by atoms with Crippen molar-refractivity contribution >= 4 is 29.1 Å². The lowest BCUT2D eigenvalue weighted by molar-refractivity contribution is -0.118. The number of likely N-dealkylation sites (tertiary alicyclic amines) is 1. The van der Waals surface area contributed by atoms with Crippen LogP contribution in [-0.2, 0) is 4.79 Å². The molecule has 0 aliphatic carbocycles. The van der Waals surface area contributed by atoms with E-state index in [-0.39, 0.29) is 24.5 Å². The second kappa shape index (κ2) is 10.2. The lowest BCUT2D eigenvalue weighted by Gasteiger charge is -2.35.